The quantitative estimate of drug-likeness (QED) is 0.726. The summed E-state index contributed by atoms with van der Waals surface area (Å²) in [6.07, 6.45) is 3.33. The first-order chi connectivity index (χ1) is 9.54. The van der Waals surface area contributed by atoms with Crippen LogP contribution < -0.4 is 5.56 Å². The van der Waals surface area contributed by atoms with Gasteiger partial charge in [-0.1, -0.05) is 11.6 Å². The molecule has 0 N–H and O–H groups in total. The second-order valence-corrected chi connectivity index (χ2v) is 5.14. The van der Waals surface area contributed by atoms with Crippen molar-refractivity contribution in [2.45, 2.75) is 20.4 Å². The second-order valence-electron chi connectivity index (χ2n) is 4.70. The average molecular weight is 289 g/mol. The van der Waals surface area contributed by atoms with Crippen molar-refractivity contribution in [3.63, 3.8) is 0 Å². The molecule has 3 aromatic rings. The van der Waals surface area contributed by atoms with Crippen LogP contribution in [0, 0.1) is 13.8 Å². The van der Waals surface area contributed by atoms with Gasteiger partial charge in [-0.2, -0.15) is 0 Å². The van der Waals surface area contributed by atoms with Crippen LogP contribution in [0.4, 0.5) is 0 Å². The average Bonchev–Trinajstić information content (AvgIpc) is 2.72. The molecule has 6 heteroatoms. The number of halogens is 1. The third-order valence-electron chi connectivity index (χ3n) is 3.35. The molecule has 3 aromatic heterocycles. The van der Waals surface area contributed by atoms with Crippen molar-refractivity contribution < 1.29 is 0 Å². The normalized spacial score (nSPS) is 11.2. The summed E-state index contributed by atoms with van der Waals surface area (Å²) in [5, 5.41) is 0.509. The number of nitrogens with zero attached hydrogens (tertiary/aromatic N) is 4. The molecule has 20 heavy (non-hydrogen) atoms. The number of aryl methyl sites for hydroxylation is 1. The fourth-order valence-electron chi connectivity index (χ4n) is 2.09. The topological polar surface area (TPSA) is 52.2 Å². The van der Waals surface area contributed by atoms with Gasteiger partial charge >= 0.3 is 0 Å². The highest BCUT2D eigenvalue weighted by atomic mass is 35.5. The molecular formula is C14H13ClN4O. The van der Waals surface area contributed by atoms with Gasteiger partial charge in [0.05, 0.1) is 29.3 Å². The maximum Gasteiger partial charge on any atom is 0.258 e. The minimum atomic E-state index is -0.137. The lowest BCUT2D eigenvalue weighted by Gasteiger charge is -2.07. The highest BCUT2D eigenvalue weighted by Crippen LogP contribution is 2.10. The second kappa shape index (κ2) is 4.76. The lowest BCUT2D eigenvalue weighted by molar-refractivity contribution is 0.744. The van der Waals surface area contributed by atoms with Crippen molar-refractivity contribution in [2.75, 3.05) is 0 Å². The Bertz CT molecular complexity index is 850. The van der Waals surface area contributed by atoms with Gasteiger partial charge in [-0.15, -0.1) is 0 Å². The van der Waals surface area contributed by atoms with Gasteiger partial charge in [-0.3, -0.25) is 9.20 Å². The predicted octanol–water partition coefficient (Wildman–Crippen LogP) is 2.21. The summed E-state index contributed by atoms with van der Waals surface area (Å²) in [6, 6.07) is 4.98. The molecule has 0 atom stereocenters. The van der Waals surface area contributed by atoms with E-state index in [4.69, 9.17) is 11.6 Å². The molecule has 3 heterocycles. The fourth-order valence-corrected chi connectivity index (χ4v) is 2.25. The van der Waals surface area contributed by atoms with Gasteiger partial charge in [0, 0.05) is 18.0 Å². The molecule has 0 bridgehead atoms. The van der Waals surface area contributed by atoms with E-state index in [1.165, 1.54) is 10.5 Å². The van der Waals surface area contributed by atoms with Gasteiger partial charge in [0.2, 0.25) is 0 Å². The number of pyridine rings is 1. The molecule has 0 unspecified atom stereocenters. The van der Waals surface area contributed by atoms with Crippen LogP contribution in [0.2, 0.25) is 5.02 Å². The zero-order valence-electron chi connectivity index (χ0n) is 11.2. The molecule has 5 nitrogen and oxygen atoms in total. The van der Waals surface area contributed by atoms with E-state index in [-0.39, 0.29) is 5.56 Å². The summed E-state index contributed by atoms with van der Waals surface area (Å²) in [4.78, 5) is 20.8. The number of aromatic nitrogens is 4. The maximum absolute atomic E-state index is 12.1. The first-order valence-electron chi connectivity index (χ1n) is 6.21. The van der Waals surface area contributed by atoms with Crippen LogP contribution in [0.5, 0.6) is 0 Å². The molecule has 0 aliphatic carbocycles. The summed E-state index contributed by atoms with van der Waals surface area (Å²) >= 11 is 5.88. The lowest BCUT2D eigenvalue weighted by Crippen LogP contribution is -2.16. The molecule has 0 aromatic carbocycles. The Morgan fingerprint density at radius 2 is 2.10 bits per heavy atom. The Morgan fingerprint density at radius 1 is 1.30 bits per heavy atom. The Kier molecular flexibility index (Phi) is 3.06. The van der Waals surface area contributed by atoms with Gasteiger partial charge in [-0.25, -0.2) is 9.97 Å². The Labute approximate surface area is 120 Å². The fraction of sp³-hybridized carbons (Fsp3) is 0.214. The summed E-state index contributed by atoms with van der Waals surface area (Å²) in [5.74, 6) is 0. The highest BCUT2D eigenvalue weighted by molar-refractivity contribution is 6.30. The Hall–Kier alpha value is -2.14. The van der Waals surface area contributed by atoms with Gasteiger partial charge in [0.25, 0.3) is 5.56 Å². The minimum absolute atomic E-state index is 0.137. The first kappa shape index (κ1) is 12.9. The predicted molar refractivity (Wildman–Crippen MR) is 77.3 cm³/mol. The van der Waals surface area contributed by atoms with Gasteiger partial charge in [0.15, 0.2) is 0 Å². The first-order valence-corrected chi connectivity index (χ1v) is 6.58. The van der Waals surface area contributed by atoms with Crippen LogP contribution in [-0.2, 0) is 6.54 Å². The zero-order valence-corrected chi connectivity index (χ0v) is 11.9. The van der Waals surface area contributed by atoms with Gasteiger partial charge in [-0.05, 0) is 26.0 Å². The standard InChI is InChI=1S/C14H13ClN4O/c1-9-10(2)18(8-16-9)7-12-5-14(20)19-6-11(15)3-4-13(19)17-12/h3-6,8H,7H2,1-2H3. The Balaban J connectivity index is 2.07. The van der Waals surface area contributed by atoms with E-state index in [9.17, 15) is 4.79 Å². The summed E-state index contributed by atoms with van der Waals surface area (Å²) in [6.45, 7) is 4.48. The Morgan fingerprint density at radius 3 is 2.80 bits per heavy atom. The van der Waals surface area contributed by atoms with Crippen molar-refractivity contribution >= 4 is 17.2 Å². The van der Waals surface area contributed by atoms with E-state index >= 15 is 0 Å². The van der Waals surface area contributed by atoms with E-state index in [2.05, 4.69) is 9.97 Å². The van der Waals surface area contributed by atoms with Crippen LogP contribution in [-0.4, -0.2) is 18.9 Å². The number of imidazole rings is 1. The molecule has 0 aliphatic rings. The van der Waals surface area contributed by atoms with E-state index < -0.39 is 0 Å². The van der Waals surface area contributed by atoms with E-state index in [1.807, 2.05) is 18.4 Å². The molecule has 0 saturated heterocycles. The van der Waals surface area contributed by atoms with E-state index in [0.717, 1.165) is 11.4 Å². The van der Waals surface area contributed by atoms with Gasteiger partial charge < -0.3 is 4.57 Å². The van der Waals surface area contributed by atoms with Crippen molar-refractivity contribution in [3.05, 3.63) is 63.2 Å². The lowest BCUT2D eigenvalue weighted by atomic mass is 10.3. The van der Waals surface area contributed by atoms with E-state index in [0.29, 0.717) is 22.9 Å². The molecule has 0 fully saturated rings. The van der Waals surface area contributed by atoms with Crippen molar-refractivity contribution in [1.82, 2.24) is 18.9 Å². The molecule has 3 rings (SSSR count). The minimum Gasteiger partial charge on any atom is -0.329 e. The number of hydrogen-bond donors (Lipinski definition) is 0. The van der Waals surface area contributed by atoms with E-state index in [1.54, 1.807) is 24.7 Å². The van der Waals surface area contributed by atoms with Crippen LogP contribution in [0.15, 0.2) is 35.5 Å². The van der Waals surface area contributed by atoms with Crippen LogP contribution >= 0.6 is 11.6 Å². The molecule has 102 valence electrons. The molecular weight excluding hydrogens is 276 g/mol. The molecule has 0 saturated carbocycles. The number of fused-ring (bicyclic) bond motifs is 1. The van der Waals surface area contributed by atoms with Crippen LogP contribution in [0.1, 0.15) is 17.1 Å². The van der Waals surface area contributed by atoms with Crippen molar-refractivity contribution in [1.29, 1.82) is 0 Å². The molecule has 0 amide bonds. The van der Waals surface area contributed by atoms with Crippen molar-refractivity contribution in [2.24, 2.45) is 0 Å². The molecule has 0 aliphatic heterocycles. The van der Waals surface area contributed by atoms with Crippen LogP contribution in [0.3, 0.4) is 0 Å². The van der Waals surface area contributed by atoms with Gasteiger partial charge in [0.1, 0.15) is 5.65 Å². The highest BCUT2D eigenvalue weighted by Gasteiger charge is 2.06. The SMILES string of the molecule is Cc1ncn(Cc2cc(=O)n3cc(Cl)ccc3n2)c1C. The summed E-state index contributed by atoms with van der Waals surface area (Å²) < 4.78 is 3.42. The third kappa shape index (κ3) is 2.20. The number of rotatable bonds is 2. The largest absolute Gasteiger partial charge is 0.329 e. The number of hydrogen-bond acceptors (Lipinski definition) is 3. The maximum atomic E-state index is 12.1. The monoisotopic (exact) mass is 288 g/mol. The van der Waals surface area contributed by atoms with Crippen LogP contribution in [0.25, 0.3) is 5.65 Å². The molecule has 0 radical (unpaired) electrons. The zero-order chi connectivity index (χ0) is 14.3. The third-order valence-corrected chi connectivity index (χ3v) is 3.58. The van der Waals surface area contributed by atoms with Crippen molar-refractivity contribution in [3.8, 4) is 0 Å². The summed E-state index contributed by atoms with van der Waals surface area (Å²) in [5.41, 5.74) is 3.21. The molecule has 0 spiro atoms. The summed E-state index contributed by atoms with van der Waals surface area (Å²) in [7, 11) is 0. The smallest absolute Gasteiger partial charge is 0.258 e.